The van der Waals surface area contributed by atoms with Gasteiger partial charge in [-0.15, -0.1) is 0 Å². The topological polar surface area (TPSA) is 66.9 Å². The van der Waals surface area contributed by atoms with E-state index in [1.165, 1.54) is 24.5 Å². The van der Waals surface area contributed by atoms with Crippen molar-refractivity contribution in [1.29, 1.82) is 0 Å². The quantitative estimate of drug-likeness (QED) is 0.779. The van der Waals surface area contributed by atoms with Crippen LogP contribution in [0, 0.1) is 19.8 Å². The van der Waals surface area contributed by atoms with E-state index in [1.807, 2.05) is 6.92 Å². The molecule has 24 heavy (non-hydrogen) atoms. The van der Waals surface area contributed by atoms with Crippen LogP contribution >= 0.6 is 0 Å². The zero-order valence-corrected chi connectivity index (χ0v) is 15.8. The van der Waals surface area contributed by atoms with Crippen molar-refractivity contribution in [3.63, 3.8) is 0 Å². The Bertz CT molecular complexity index is 722. The highest BCUT2D eigenvalue weighted by atomic mass is 32.2. The van der Waals surface area contributed by atoms with Crippen LogP contribution in [0.2, 0.25) is 0 Å². The molecule has 1 aromatic rings. The predicted molar refractivity (Wildman–Crippen MR) is 92.2 cm³/mol. The van der Waals surface area contributed by atoms with Gasteiger partial charge < -0.3 is 0 Å². The summed E-state index contributed by atoms with van der Waals surface area (Å²) in [7, 11) is -0.713. The maximum atomic E-state index is 13.1. The van der Waals surface area contributed by atoms with Crippen LogP contribution in [0.15, 0.2) is 17.0 Å². The number of benzene rings is 1. The van der Waals surface area contributed by atoms with Crippen LogP contribution in [0.25, 0.3) is 0 Å². The summed E-state index contributed by atoms with van der Waals surface area (Å²) in [6.45, 7) is 6.79. The molecule has 134 valence electrons. The number of carbonyl (C=O) groups excluding carboxylic acids is 1. The molecule has 0 saturated carbocycles. The van der Waals surface area contributed by atoms with Crippen molar-refractivity contribution in [1.82, 2.24) is 9.37 Å². The van der Waals surface area contributed by atoms with Crippen LogP contribution in [0.5, 0.6) is 0 Å². The van der Waals surface area contributed by atoms with Gasteiger partial charge in [0.2, 0.25) is 10.0 Å². The molecule has 1 amide bonds. The number of hydrogen-bond acceptors (Lipinski definition) is 4. The molecule has 1 aliphatic heterocycles. The Hall–Kier alpha value is -1.44. The van der Waals surface area contributed by atoms with Gasteiger partial charge in [-0.2, -0.15) is 4.31 Å². The Morgan fingerprint density at radius 3 is 2.38 bits per heavy atom. The van der Waals surface area contributed by atoms with Gasteiger partial charge in [0.15, 0.2) is 0 Å². The standard InChI is InChI=1S/C17H26N2O4S/c1-12-6-8-19(9-7-12)24(21,22)16-11-15(10-13(2)14(16)3)17(20)18(4)23-5/h10-12H,6-9H2,1-5H3. The summed E-state index contributed by atoms with van der Waals surface area (Å²) in [4.78, 5) is 17.5. The fourth-order valence-corrected chi connectivity index (χ4v) is 4.64. The minimum Gasteiger partial charge on any atom is -0.274 e. The smallest absolute Gasteiger partial charge is 0.274 e. The third-order valence-electron chi connectivity index (χ3n) is 4.79. The van der Waals surface area contributed by atoms with Gasteiger partial charge in [0.1, 0.15) is 0 Å². The Morgan fingerprint density at radius 2 is 1.83 bits per heavy atom. The van der Waals surface area contributed by atoms with Crippen LogP contribution in [-0.2, 0) is 14.9 Å². The van der Waals surface area contributed by atoms with Crippen LogP contribution < -0.4 is 0 Å². The molecule has 0 radical (unpaired) electrons. The van der Waals surface area contributed by atoms with E-state index in [0.29, 0.717) is 30.1 Å². The van der Waals surface area contributed by atoms with Crippen LogP contribution in [0.3, 0.4) is 0 Å². The first-order chi connectivity index (χ1) is 11.2. The summed E-state index contributed by atoms with van der Waals surface area (Å²) >= 11 is 0. The van der Waals surface area contributed by atoms with Crippen molar-refractivity contribution in [3.8, 4) is 0 Å². The fourth-order valence-electron chi connectivity index (χ4n) is 2.85. The third kappa shape index (κ3) is 3.63. The largest absolute Gasteiger partial charge is 0.277 e. The zero-order valence-electron chi connectivity index (χ0n) is 15.0. The molecule has 1 aliphatic rings. The van der Waals surface area contributed by atoms with Gasteiger partial charge in [0.25, 0.3) is 5.91 Å². The van der Waals surface area contributed by atoms with Gasteiger partial charge in [0, 0.05) is 25.7 Å². The molecule has 1 fully saturated rings. The van der Waals surface area contributed by atoms with Crippen LogP contribution in [0.4, 0.5) is 0 Å². The molecule has 0 bridgehead atoms. The molecular weight excluding hydrogens is 328 g/mol. The molecule has 0 N–H and O–H groups in total. The molecule has 0 aliphatic carbocycles. The Labute approximate surface area is 144 Å². The molecular formula is C17H26N2O4S. The van der Waals surface area contributed by atoms with E-state index in [4.69, 9.17) is 4.84 Å². The van der Waals surface area contributed by atoms with E-state index in [2.05, 4.69) is 6.92 Å². The average Bonchev–Trinajstić information content (AvgIpc) is 2.55. The second-order valence-corrected chi connectivity index (χ2v) is 8.39. The third-order valence-corrected chi connectivity index (χ3v) is 6.81. The Balaban J connectivity index is 2.45. The highest BCUT2D eigenvalue weighted by Crippen LogP contribution is 2.28. The Kier molecular flexibility index (Phi) is 5.67. The van der Waals surface area contributed by atoms with Gasteiger partial charge in [-0.3, -0.25) is 9.63 Å². The lowest BCUT2D eigenvalue weighted by Crippen LogP contribution is -2.38. The second kappa shape index (κ2) is 7.21. The number of carbonyl (C=O) groups is 1. The number of nitrogens with zero attached hydrogens (tertiary/aromatic N) is 2. The predicted octanol–water partition coefficient (Wildman–Crippen LogP) is 2.36. The van der Waals surface area contributed by atoms with Gasteiger partial charge >= 0.3 is 0 Å². The summed E-state index contributed by atoms with van der Waals surface area (Å²) < 4.78 is 27.6. The maximum Gasteiger partial charge on any atom is 0.277 e. The van der Waals surface area contributed by atoms with Crippen LogP contribution in [-0.4, -0.2) is 50.9 Å². The maximum absolute atomic E-state index is 13.1. The molecule has 1 saturated heterocycles. The van der Waals surface area contributed by atoms with Crippen molar-refractivity contribution in [2.24, 2.45) is 5.92 Å². The lowest BCUT2D eigenvalue weighted by atomic mass is 10.0. The monoisotopic (exact) mass is 354 g/mol. The van der Waals surface area contributed by atoms with Crippen molar-refractivity contribution in [2.75, 3.05) is 27.2 Å². The number of rotatable bonds is 4. The number of amides is 1. The van der Waals surface area contributed by atoms with E-state index < -0.39 is 10.0 Å². The van der Waals surface area contributed by atoms with Crippen LogP contribution in [0.1, 0.15) is 41.3 Å². The van der Waals surface area contributed by atoms with E-state index in [9.17, 15) is 13.2 Å². The van der Waals surface area contributed by atoms with Crippen molar-refractivity contribution in [2.45, 2.75) is 38.5 Å². The number of aryl methyl sites for hydroxylation is 1. The van der Waals surface area contributed by atoms with E-state index >= 15 is 0 Å². The first-order valence-corrected chi connectivity index (χ1v) is 9.56. The van der Waals surface area contributed by atoms with Gasteiger partial charge in [-0.1, -0.05) is 6.92 Å². The lowest BCUT2D eigenvalue weighted by Gasteiger charge is -2.30. The molecule has 2 rings (SSSR count). The summed E-state index contributed by atoms with van der Waals surface area (Å²) in [6, 6.07) is 3.16. The molecule has 0 atom stereocenters. The minimum atomic E-state index is -3.61. The molecule has 1 heterocycles. The normalized spacial score (nSPS) is 17.0. The first-order valence-electron chi connectivity index (χ1n) is 8.12. The molecule has 0 aromatic heterocycles. The van der Waals surface area contributed by atoms with Crippen molar-refractivity contribution >= 4 is 15.9 Å². The minimum absolute atomic E-state index is 0.213. The van der Waals surface area contributed by atoms with Crippen molar-refractivity contribution in [3.05, 3.63) is 28.8 Å². The fraction of sp³-hybridized carbons (Fsp3) is 0.588. The molecule has 1 aromatic carbocycles. The SMILES string of the molecule is CON(C)C(=O)c1cc(C)c(C)c(S(=O)(=O)N2CCC(C)CC2)c1. The van der Waals surface area contributed by atoms with Gasteiger partial charge in [-0.25, -0.2) is 13.5 Å². The number of hydrogen-bond donors (Lipinski definition) is 0. The van der Waals surface area contributed by atoms with E-state index in [-0.39, 0.29) is 10.8 Å². The number of hydroxylamine groups is 2. The van der Waals surface area contributed by atoms with Gasteiger partial charge in [-0.05, 0) is 55.9 Å². The van der Waals surface area contributed by atoms with Gasteiger partial charge in [0.05, 0.1) is 12.0 Å². The highest BCUT2D eigenvalue weighted by molar-refractivity contribution is 7.89. The summed E-state index contributed by atoms with van der Waals surface area (Å²) in [6.07, 6.45) is 1.73. The molecule has 0 unspecified atom stereocenters. The molecule has 7 heteroatoms. The van der Waals surface area contributed by atoms with E-state index in [1.54, 1.807) is 13.0 Å². The molecule has 0 spiro atoms. The number of sulfonamides is 1. The zero-order chi connectivity index (χ0) is 18.1. The number of piperidine rings is 1. The lowest BCUT2D eigenvalue weighted by molar-refractivity contribution is -0.0757. The summed E-state index contributed by atoms with van der Waals surface area (Å²) in [5.41, 5.74) is 1.77. The Morgan fingerprint density at radius 1 is 1.25 bits per heavy atom. The average molecular weight is 354 g/mol. The van der Waals surface area contributed by atoms with Crippen molar-refractivity contribution < 1.29 is 18.0 Å². The first kappa shape index (κ1) is 18.9. The highest BCUT2D eigenvalue weighted by Gasteiger charge is 2.30. The van der Waals surface area contributed by atoms with E-state index in [0.717, 1.165) is 23.5 Å². The molecule has 6 nitrogen and oxygen atoms in total. The summed E-state index contributed by atoms with van der Waals surface area (Å²) in [5.74, 6) is 0.173. The summed E-state index contributed by atoms with van der Waals surface area (Å²) in [5, 5.41) is 1.09. The second-order valence-electron chi connectivity index (χ2n) is 6.49.